The van der Waals surface area contributed by atoms with Crippen molar-refractivity contribution in [3.8, 4) is 11.3 Å². The zero-order valence-corrected chi connectivity index (χ0v) is 14.5. The first kappa shape index (κ1) is 17.1. The van der Waals surface area contributed by atoms with Gasteiger partial charge in [0.25, 0.3) is 5.56 Å². The standard InChI is InChI=1S/C18H18N6O3/c19-24(18(26)23-8-10-27-11-9-23)14-7-6-13-16(21-14)22-15(17(25)20-13)12-4-2-1-3-5-12/h1-7H,8-11,19H2,(H,20,25). The third-order valence-electron chi connectivity index (χ3n) is 4.32. The van der Waals surface area contributed by atoms with E-state index in [1.807, 2.05) is 18.2 Å². The number of nitrogens with one attached hydrogen (secondary N) is 1. The Labute approximate surface area is 154 Å². The minimum absolute atomic E-state index is 0.248. The van der Waals surface area contributed by atoms with Crippen LogP contribution in [-0.2, 0) is 4.74 Å². The van der Waals surface area contributed by atoms with Gasteiger partial charge < -0.3 is 14.6 Å². The largest absolute Gasteiger partial charge is 0.378 e. The minimum atomic E-state index is -0.363. The summed E-state index contributed by atoms with van der Waals surface area (Å²) in [5, 5.41) is 0.986. The van der Waals surface area contributed by atoms with Crippen molar-refractivity contribution in [2.45, 2.75) is 0 Å². The average molecular weight is 366 g/mol. The van der Waals surface area contributed by atoms with Crippen molar-refractivity contribution < 1.29 is 9.53 Å². The monoisotopic (exact) mass is 366 g/mol. The number of anilines is 1. The van der Waals surface area contributed by atoms with Gasteiger partial charge in [0, 0.05) is 18.7 Å². The first-order valence-electron chi connectivity index (χ1n) is 8.51. The van der Waals surface area contributed by atoms with Crippen LogP contribution in [-0.4, -0.2) is 52.2 Å². The Morgan fingerprint density at radius 3 is 2.59 bits per heavy atom. The summed E-state index contributed by atoms with van der Waals surface area (Å²) in [5.74, 6) is 6.23. The summed E-state index contributed by atoms with van der Waals surface area (Å²) in [6.45, 7) is 1.91. The summed E-state index contributed by atoms with van der Waals surface area (Å²) < 4.78 is 5.25. The molecule has 9 nitrogen and oxygen atoms in total. The number of aromatic nitrogens is 3. The van der Waals surface area contributed by atoms with Crippen molar-refractivity contribution >= 4 is 23.0 Å². The molecule has 3 heterocycles. The highest BCUT2D eigenvalue weighted by Crippen LogP contribution is 2.18. The van der Waals surface area contributed by atoms with Gasteiger partial charge in [0.05, 0.1) is 18.7 Å². The van der Waals surface area contributed by atoms with Crippen molar-refractivity contribution in [1.82, 2.24) is 19.9 Å². The number of morpholine rings is 1. The predicted octanol–water partition coefficient (Wildman–Crippen LogP) is 1.12. The molecule has 4 rings (SSSR count). The fourth-order valence-electron chi connectivity index (χ4n) is 2.89. The Hall–Kier alpha value is -3.30. The zero-order chi connectivity index (χ0) is 18.8. The van der Waals surface area contributed by atoms with Gasteiger partial charge >= 0.3 is 6.03 Å². The lowest BCUT2D eigenvalue weighted by Crippen LogP contribution is -2.51. The average Bonchev–Trinajstić information content (AvgIpc) is 2.73. The summed E-state index contributed by atoms with van der Waals surface area (Å²) >= 11 is 0. The number of fused-ring (bicyclic) bond motifs is 1. The molecule has 1 aliphatic rings. The van der Waals surface area contributed by atoms with E-state index in [9.17, 15) is 9.59 Å². The molecule has 27 heavy (non-hydrogen) atoms. The smallest absolute Gasteiger partial charge is 0.340 e. The Morgan fingerprint density at radius 2 is 1.85 bits per heavy atom. The molecule has 2 aromatic heterocycles. The van der Waals surface area contributed by atoms with Gasteiger partial charge in [-0.05, 0) is 12.1 Å². The number of ether oxygens (including phenoxy) is 1. The molecular weight excluding hydrogens is 348 g/mol. The van der Waals surface area contributed by atoms with E-state index in [2.05, 4.69) is 15.0 Å². The third-order valence-corrected chi connectivity index (χ3v) is 4.32. The molecule has 0 aliphatic carbocycles. The van der Waals surface area contributed by atoms with Crippen LogP contribution in [0.4, 0.5) is 10.6 Å². The lowest BCUT2D eigenvalue weighted by Gasteiger charge is -2.30. The maximum Gasteiger partial charge on any atom is 0.340 e. The number of hydrazine groups is 1. The van der Waals surface area contributed by atoms with Gasteiger partial charge in [-0.1, -0.05) is 30.3 Å². The summed E-state index contributed by atoms with van der Waals surface area (Å²) in [6.07, 6.45) is 0. The number of hydrogen-bond donors (Lipinski definition) is 2. The van der Waals surface area contributed by atoms with Crippen molar-refractivity contribution in [1.29, 1.82) is 0 Å². The molecule has 0 atom stereocenters. The second kappa shape index (κ2) is 7.14. The number of nitrogens with zero attached hydrogens (tertiary/aromatic N) is 4. The highest BCUT2D eigenvalue weighted by atomic mass is 16.5. The molecule has 9 heteroatoms. The summed E-state index contributed by atoms with van der Waals surface area (Å²) in [7, 11) is 0. The molecule has 3 N–H and O–H groups in total. The number of benzene rings is 1. The van der Waals surface area contributed by atoms with Crippen molar-refractivity contribution in [3.05, 3.63) is 52.8 Å². The van der Waals surface area contributed by atoms with Gasteiger partial charge in [0.15, 0.2) is 11.5 Å². The number of pyridine rings is 1. The fraction of sp³-hybridized carbons (Fsp3) is 0.222. The predicted molar refractivity (Wildman–Crippen MR) is 100 cm³/mol. The van der Waals surface area contributed by atoms with Crippen LogP contribution < -0.4 is 16.4 Å². The van der Waals surface area contributed by atoms with Gasteiger partial charge in [0.2, 0.25) is 0 Å². The Bertz CT molecular complexity index is 1030. The third kappa shape index (κ3) is 3.37. The number of H-pyrrole nitrogens is 1. The number of nitrogens with two attached hydrogens (primary N) is 1. The van der Waals surface area contributed by atoms with Crippen LogP contribution in [0.1, 0.15) is 0 Å². The second-order valence-electron chi connectivity index (χ2n) is 6.07. The van der Waals surface area contributed by atoms with E-state index >= 15 is 0 Å². The van der Waals surface area contributed by atoms with Gasteiger partial charge in [-0.15, -0.1) is 0 Å². The highest BCUT2D eigenvalue weighted by Gasteiger charge is 2.23. The Balaban J connectivity index is 1.69. The van der Waals surface area contributed by atoms with E-state index in [0.717, 1.165) is 5.01 Å². The van der Waals surface area contributed by atoms with Crippen LogP contribution in [0, 0.1) is 0 Å². The van der Waals surface area contributed by atoms with Crippen molar-refractivity contribution in [2.24, 2.45) is 5.84 Å². The van der Waals surface area contributed by atoms with E-state index in [4.69, 9.17) is 10.6 Å². The van der Waals surface area contributed by atoms with E-state index in [1.54, 1.807) is 29.2 Å². The molecule has 0 radical (unpaired) electrons. The van der Waals surface area contributed by atoms with Crippen molar-refractivity contribution in [3.63, 3.8) is 0 Å². The fourth-order valence-corrected chi connectivity index (χ4v) is 2.89. The topological polar surface area (TPSA) is 117 Å². The molecule has 1 aliphatic heterocycles. The Morgan fingerprint density at radius 1 is 1.11 bits per heavy atom. The first-order chi connectivity index (χ1) is 13.1. The van der Waals surface area contributed by atoms with Gasteiger partial charge in [0.1, 0.15) is 5.69 Å². The van der Waals surface area contributed by atoms with Crippen LogP contribution in [0.15, 0.2) is 47.3 Å². The number of aromatic amines is 1. The second-order valence-corrected chi connectivity index (χ2v) is 6.07. The lowest BCUT2D eigenvalue weighted by atomic mass is 10.1. The van der Waals surface area contributed by atoms with Crippen LogP contribution in [0.5, 0.6) is 0 Å². The van der Waals surface area contributed by atoms with Crippen molar-refractivity contribution in [2.75, 3.05) is 31.3 Å². The molecule has 1 fully saturated rings. The minimum Gasteiger partial charge on any atom is -0.378 e. The van der Waals surface area contributed by atoms with Gasteiger partial charge in [-0.3, -0.25) is 4.79 Å². The van der Waals surface area contributed by atoms with Gasteiger partial charge in [-0.2, -0.15) is 0 Å². The van der Waals surface area contributed by atoms with E-state index in [0.29, 0.717) is 43.0 Å². The number of amides is 2. The van der Waals surface area contributed by atoms with Crippen LogP contribution in [0.2, 0.25) is 0 Å². The molecule has 0 spiro atoms. The van der Waals surface area contributed by atoms with Gasteiger partial charge in [-0.25, -0.2) is 25.6 Å². The summed E-state index contributed by atoms with van der Waals surface area (Å²) in [4.78, 5) is 37.9. The zero-order valence-electron chi connectivity index (χ0n) is 14.5. The van der Waals surface area contributed by atoms with E-state index < -0.39 is 0 Å². The maximum absolute atomic E-state index is 12.5. The number of urea groups is 1. The molecule has 0 unspecified atom stereocenters. The number of rotatable bonds is 2. The molecule has 0 saturated carbocycles. The van der Waals surface area contributed by atoms with Crippen LogP contribution in [0.25, 0.3) is 22.4 Å². The lowest BCUT2D eigenvalue weighted by molar-refractivity contribution is 0.0548. The number of carbonyl (C=O) groups is 1. The molecule has 3 aromatic rings. The van der Waals surface area contributed by atoms with E-state index in [1.165, 1.54) is 0 Å². The van der Waals surface area contributed by atoms with Crippen LogP contribution in [0.3, 0.4) is 0 Å². The molecule has 1 saturated heterocycles. The molecule has 0 bridgehead atoms. The molecule has 138 valence electrons. The highest BCUT2D eigenvalue weighted by molar-refractivity contribution is 5.91. The number of hydrogen-bond acceptors (Lipinski definition) is 6. The maximum atomic E-state index is 12.5. The Kier molecular flexibility index (Phi) is 4.53. The molecular formula is C18H18N6O3. The first-order valence-corrected chi connectivity index (χ1v) is 8.51. The normalized spacial score (nSPS) is 14.3. The summed E-state index contributed by atoms with van der Waals surface area (Å²) in [5.41, 5.74) is 1.40. The SMILES string of the molecule is NN(C(=O)N1CCOCC1)c1ccc2[nH]c(=O)c(-c3ccccc3)nc2n1. The molecule has 2 amide bonds. The molecule has 1 aromatic carbocycles. The summed E-state index contributed by atoms with van der Waals surface area (Å²) in [6, 6.07) is 11.9. The van der Waals surface area contributed by atoms with E-state index in [-0.39, 0.29) is 23.1 Å². The quantitative estimate of drug-likeness (QED) is 0.399. The van der Waals surface area contributed by atoms with Crippen LogP contribution >= 0.6 is 0 Å². The number of carbonyl (C=O) groups excluding carboxylic acids is 1.